The number of unbranched alkanes of at least 4 members (excludes halogenated alkanes) is 2. The highest BCUT2D eigenvalue weighted by Gasteiger charge is 2.22. The van der Waals surface area contributed by atoms with Crippen LogP contribution in [0, 0.1) is 35.4 Å². The van der Waals surface area contributed by atoms with Gasteiger partial charge in [0.1, 0.15) is 5.82 Å². The topological polar surface area (TPSA) is 0 Å². The molecule has 0 atom stereocenters. The molecule has 1 heteroatoms. The van der Waals surface area contributed by atoms with E-state index >= 15 is 0 Å². The molecule has 0 bridgehead atoms. The van der Waals surface area contributed by atoms with Crippen LogP contribution in [-0.2, 0) is 0 Å². The summed E-state index contributed by atoms with van der Waals surface area (Å²) in [5, 5.41) is 0. The van der Waals surface area contributed by atoms with Crippen LogP contribution in [0.4, 0.5) is 4.39 Å². The standard InChI is InChI=1S/C29H33F/c1-3-5-7-9-24-10-12-25(13-11-24)16-19-27-20-21-28(22-29(27)30)26-17-14-23(15-18-26)8-6-4-2/h10-13,20-23,26H,3-6,8,14-15,17-18H2,1-2H3/t23-,26-. The molecule has 0 unspecified atom stereocenters. The molecule has 2 aromatic carbocycles. The summed E-state index contributed by atoms with van der Waals surface area (Å²) >= 11 is 0. The zero-order chi connectivity index (χ0) is 21.2. The van der Waals surface area contributed by atoms with E-state index in [1.807, 2.05) is 30.3 Å². The van der Waals surface area contributed by atoms with E-state index in [1.165, 1.54) is 44.9 Å². The lowest BCUT2D eigenvalue weighted by Gasteiger charge is -2.28. The van der Waals surface area contributed by atoms with Gasteiger partial charge in [0.2, 0.25) is 0 Å². The molecule has 1 aliphatic rings. The van der Waals surface area contributed by atoms with Gasteiger partial charge in [-0.25, -0.2) is 4.39 Å². The van der Waals surface area contributed by atoms with Crippen LogP contribution in [0.5, 0.6) is 0 Å². The van der Waals surface area contributed by atoms with Crippen molar-refractivity contribution >= 4 is 0 Å². The van der Waals surface area contributed by atoms with Crippen molar-refractivity contribution in [3.8, 4) is 23.7 Å². The lowest BCUT2D eigenvalue weighted by molar-refractivity contribution is 0.304. The fraction of sp³-hybridized carbons (Fsp3) is 0.448. The van der Waals surface area contributed by atoms with Crippen molar-refractivity contribution in [2.45, 2.75) is 77.6 Å². The average molecular weight is 401 g/mol. The minimum atomic E-state index is -0.199. The quantitative estimate of drug-likeness (QED) is 0.448. The summed E-state index contributed by atoms with van der Waals surface area (Å²) in [6.07, 6.45) is 10.9. The SMILES string of the molecule is CCCC#Cc1ccc(C#Cc2ccc([C@H]3CC[C@H](CCCC)CC3)cc2F)cc1. The third-order valence-corrected chi connectivity index (χ3v) is 6.11. The number of halogens is 1. The zero-order valence-corrected chi connectivity index (χ0v) is 18.4. The average Bonchev–Trinajstić information content (AvgIpc) is 2.78. The molecule has 0 spiro atoms. The first-order valence-electron chi connectivity index (χ1n) is 11.6. The van der Waals surface area contributed by atoms with Gasteiger partial charge in [-0.2, -0.15) is 0 Å². The van der Waals surface area contributed by atoms with E-state index in [4.69, 9.17) is 0 Å². The van der Waals surface area contributed by atoms with Gasteiger partial charge in [-0.15, -0.1) is 0 Å². The van der Waals surface area contributed by atoms with Gasteiger partial charge in [-0.3, -0.25) is 0 Å². The largest absolute Gasteiger partial charge is 0.206 e. The van der Waals surface area contributed by atoms with Crippen molar-refractivity contribution in [2.75, 3.05) is 0 Å². The maximum Gasteiger partial charge on any atom is 0.139 e. The van der Waals surface area contributed by atoms with E-state index in [0.717, 1.165) is 35.4 Å². The number of hydrogen-bond acceptors (Lipinski definition) is 0. The van der Waals surface area contributed by atoms with Crippen molar-refractivity contribution < 1.29 is 4.39 Å². The molecule has 1 saturated carbocycles. The predicted molar refractivity (Wildman–Crippen MR) is 125 cm³/mol. The highest BCUT2D eigenvalue weighted by molar-refractivity contribution is 5.47. The molecule has 0 saturated heterocycles. The Morgan fingerprint density at radius 2 is 1.53 bits per heavy atom. The summed E-state index contributed by atoms with van der Waals surface area (Å²) in [7, 11) is 0. The van der Waals surface area contributed by atoms with Gasteiger partial charge in [0.15, 0.2) is 0 Å². The number of benzene rings is 2. The Bertz CT molecular complexity index is 922. The summed E-state index contributed by atoms with van der Waals surface area (Å²) in [6, 6.07) is 13.5. The monoisotopic (exact) mass is 400 g/mol. The molecule has 3 rings (SSSR count). The first kappa shape index (κ1) is 22.2. The molecule has 0 N–H and O–H groups in total. The Morgan fingerprint density at radius 3 is 2.17 bits per heavy atom. The summed E-state index contributed by atoms with van der Waals surface area (Å²) in [4.78, 5) is 0. The molecule has 0 radical (unpaired) electrons. The highest BCUT2D eigenvalue weighted by atomic mass is 19.1. The van der Waals surface area contributed by atoms with Gasteiger partial charge >= 0.3 is 0 Å². The molecule has 30 heavy (non-hydrogen) atoms. The van der Waals surface area contributed by atoms with Crippen molar-refractivity contribution in [3.05, 3.63) is 70.5 Å². The van der Waals surface area contributed by atoms with E-state index in [-0.39, 0.29) is 5.82 Å². The summed E-state index contributed by atoms with van der Waals surface area (Å²) in [5.41, 5.74) is 3.49. The summed E-state index contributed by atoms with van der Waals surface area (Å²) in [6.45, 7) is 4.38. The van der Waals surface area contributed by atoms with Crippen LogP contribution in [-0.4, -0.2) is 0 Å². The van der Waals surface area contributed by atoms with Gasteiger partial charge in [0.05, 0.1) is 5.56 Å². The van der Waals surface area contributed by atoms with Gasteiger partial charge in [-0.05, 0) is 85.9 Å². The Hall–Kier alpha value is -2.51. The first-order chi connectivity index (χ1) is 14.7. The van der Waals surface area contributed by atoms with E-state index in [0.29, 0.717) is 11.5 Å². The van der Waals surface area contributed by atoms with Gasteiger partial charge in [0.25, 0.3) is 0 Å². The second-order valence-electron chi connectivity index (χ2n) is 8.48. The van der Waals surface area contributed by atoms with Crippen LogP contribution >= 0.6 is 0 Å². The Balaban J connectivity index is 1.61. The second-order valence-corrected chi connectivity index (χ2v) is 8.48. The summed E-state index contributed by atoms with van der Waals surface area (Å²) in [5.74, 6) is 13.6. The molecule has 0 aromatic heterocycles. The zero-order valence-electron chi connectivity index (χ0n) is 18.4. The van der Waals surface area contributed by atoms with Crippen LogP contribution in [0.2, 0.25) is 0 Å². The molecule has 0 heterocycles. The third kappa shape index (κ3) is 6.50. The minimum Gasteiger partial charge on any atom is -0.206 e. The molecule has 156 valence electrons. The molecule has 0 nitrogen and oxygen atoms in total. The lowest BCUT2D eigenvalue weighted by Crippen LogP contribution is -2.13. The van der Waals surface area contributed by atoms with E-state index in [1.54, 1.807) is 6.07 Å². The third-order valence-electron chi connectivity index (χ3n) is 6.11. The normalized spacial score (nSPS) is 18.1. The fourth-order valence-electron chi connectivity index (χ4n) is 4.23. The fourth-order valence-corrected chi connectivity index (χ4v) is 4.23. The van der Waals surface area contributed by atoms with Crippen LogP contribution < -0.4 is 0 Å². The van der Waals surface area contributed by atoms with E-state index in [9.17, 15) is 4.39 Å². The van der Waals surface area contributed by atoms with E-state index in [2.05, 4.69) is 43.6 Å². The van der Waals surface area contributed by atoms with E-state index < -0.39 is 0 Å². The van der Waals surface area contributed by atoms with Crippen LogP contribution in [0.3, 0.4) is 0 Å². The van der Waals surface area contributed by atoms with Crippen molar-refractivity contribution in [1.82, 2.24) is 0 Å². The number of hydrogen-bond donors (Lipinski definition) is 0. The molecule has 0 amide bonds. The van der Waals surface area contributed by atoms with Crippen LogP contribution in [0.25, 0.3) is 0 Å². The molecule has 1 fully saturated rings. The predicted octanol–water partition coefficient (Wildman–Crippen LogP) is 7.84. The van der Waals surface area contributed by atoms with Gasteiger partial charge < -0.3 is 0 Å². The minimum absolute atomic E-state index is 0.199. The van der Waals surface area contributed by atoms with Gasteiger partial charge in [-0.1, -0.05) is 62.9 Å². The lowest BCUT2D eigenvalue weighted by atomic mass is 9.77. The molecule has 2 aromatic rings. The van der Waals surface area contributed by atoms with Crippen LogP contribution in [0.1, 0.15) is 99.8 Å². The molecular formula is C29H33F. The first-order valence-corrected chi connectivity index (χ1v) is 11.6. The number of rotatable bonds is 5. The van der Waals surface area contributed by atoms with Crippen molar-refractivity contribution in [3.63, 3.8) is 0 Å². The van der Waals surface area contributed by atoms with Crippen molar-refractivity contribution in [1.29, 1.82) is 0 Å². The molecule has 1 aliphatic carbocycles. The Labute approximate surface area is 182 Å². The highest BCUT2D eigenvalue weighted by Crippen LogP contribution is 2.38. The van der Waals surface area contributed by atoms with Crippen molar-refractivity contribution in [2.24, 2.45) is 5.92 Å². The maximum absolute atomic E-state index is 14.7. The second kappa shape index (κ2) is 11.6. The van der Waals surface area contributed by atoms with Crippen LogP contribution in [0.15, 0.2) is 42.5 Å². The Morgan fingerprint density at radius 1 is 0.833 bits per heavy atom. The maximum atomic E-state index is 14.7. The molecular weight excluding hydrogens is 367 g/mol. The smallest absolute Gasteiger partial charge is 0.139 e. The van der Waals surface area contributed by atoms with Gasteiger partial charge in [0, 0.05) is 17.5 Å². The Kier molecular flexibility index (Phi) is 8.59. The molecule has 0 aliphatic heterocycles. The summed E-state index contributed by atoms with van der Waals surface area (Å²) < 4.78 is 14.7.